The molecule has 0 aliphatic carbocycles. The summed E-state index contributed by atoms with van der Waals surface area (Å²) in [6.07, 6.45) is 5.72. The SMILES string of the molecule is CCN(CC)c1ncc(C=c2c(C)nn3c(-c4ccccn4)nnc23)s1. The molecule has 4 aromatic heterocycles. The number of nitrogens with zero attached hydrogens (tertiary/aromatic N) is 7. The van der Waals surface area contributed by atoms with Crippen LogP contribution in [-0.4, -0.2) is 42.9 Å². The second-order valence-corrected chi connectivity index (χ2v) is 6.88. The summed E-state index contributed by atoms with van der Waals surface area (Å²) in [5.41, 5.74) is 2.40. The third-order valence-corrected chi connectivity index (χ3v) is 5.25. The zero-order valence-corrected chi connectivity index (χ0v) is 15.7. The Morgan fingerprint density at radius 2 is 2.00 bits per heavy atom. The molecule has 0 fully saturated rings. The van der Waals surface area contributed by atoms with E-state index in [-0.39, 0.29) is 0 Å². The van der Waals surface area contributed by atoms with Gasteiger partial charge in [0.15, 0.2) is 10.8 Å². The van der Waals surface area contributed by atoms with Crippen molar-refractivity contribution in [3.8, 4) is 11.5 Å². The molecule has 0 unspecified atom stereocenters. The van der Waals surface area contributed by atoms with E-state index >= 15 is 0 Å². The van der Waals surface area contributed by atoms with E-state index in [1.807, 2.05) is 31.3 Å². The summed E-state index contributed by atoms with van der Waals surface area (Å²) < 4.78 is 1.76. The molecule has 4 rings (SSSR count). The lowest BCUT2D eigenvalue weighted by Gasteiger charge is -2.16. The fraction of sp³-hybridized carbons (Fsp3) is 0.278. The molecule has 0 aromatic carbocycles. The Balaban J connectivity index is 1.79. The molecule has 0 bridgehead atoms. The van der Waals surface area contributed by atoms with Crippen LogP contribution in [0.1, 0.15) is 24.4 Å². The van der Waals surface area contributed by atoms with Gasteiger partial charge in [0.25, 0.3) is 0 Å². The Bertz CT molecular complexity index is 1080. The van der Waals surface area contributed by atoms with E-state index in [2.05, 4.69) is 50.1 Å². The lowest BCUT2D eigenvalue weighted by Crippen LogP contribution is -2.21. The number of aryl methyl sites for hydroxylation is 1. The van der Waals surface area contributed by atoms with E-state index in [9.17, 15) is 0 Å². The maximum Gasteiger partial charge on any atom is 0.203 e. The van der Waals surface area contributed by atoms with Crippen LogP contribution >= 0.6 is 11.3 Å². The minimum Gasteiger partial charge on any atom is -0.349 e. The Morgan fingerprint density at radius 3 is 2.73 bits per heavy atom. The highest BCUT2D eigenvalue weighted by molar-refractivity contribution is 7.16. The van der Waals surface area contributed by atoms with Crippen LogP contribution in [0.2, 0.25) is 0 Å². The van der Waals surface area contributed by atoms with Gasteiger partial charge in [-0.2, -0.15) is 9.61 Å². The summed E-state index contributed by atoms with van der Waals surface area (Å²) in [7, 11) is 0. The highest BCUT2D eigenvalue weighted by atomic mass is 32.1. The number of anilines is 1. The Labute approximate surface area is 155 Å². The predicted octanol–water partition coefficient (Wildman–Crippen LogP) is 2.35. The fourth-order valence-corrected chi connectivity index (χ4v) is 3.84. The second kappa shape index (κ2) is 6.80. The van der Waals surface area contributed by atoms with Gasteiger partial charge in [0, 0.05) is 35.6 Å². The van der Waals surface area contributed by atoms with Gasteiger partial charge in [-0.25, -0.2) is 4.98 Å². The molecule has 0 N–H and O–H groups in total. The second-order valence-electron chi connectivity index (χ2n) is 5.83. The number of hydrogen-bond acceptors (Lipinski definition) is 7. The van der Waals surface area contributed by atoms with E-state index < -0.39 is 0 Å². The third kappa shape index (κ3) is 2.82. The molecule has 0 saturated carbocycles. The van der Waals surface area contributed by atoms with Gasteiger partial charge in [-0.05, 0) is 39.0 Å². The van der Waals surface area contributed by atoms with Crippen LogP contribution in [0.15, 0.2) is 30.6 Å². The topological polar surface area (TPSA) is 72.1 Å². The smallest absolute Gasteiger partial charge is 0.203 e. The Morgan fingerprint density at radius 1 is 1.15 bits per heavy atom. The zero-order valence-electron chi connectivity index (χ0n) is 14.9. The number of thiazole rings is 1. The molecule has 4 heterocycles. The van der Waals surface area contributed by atoms with E-state index in [1.54, 1.807) is 22.0 Å². The first-order chi connectivity index (χ1) is 12.7. The molecule has 0 aliphatic heterocycles. The van der Waals surface area contributed by atoms with Crippen LogP contribution in [0.4, 0.5) is 5.13 Å². The van der Waals surface area contributed by atoms with Crippen LogP contribution in [0.5, 0.6) is 0 Å². The number of pyridine rings is 1. The number of fused-ring (bicyclic) bond motifs is 1. The van der Waals surface area contributed by atoms with Crippen LogP contribution in [-0.2, 0) is 0 Å². The molecule has 0 radical (unpaired) electrons. The number of hydrogen-bond donors (Lipinski definition) is 0. The molecule has 0 saturated heterocycles. The van der Waals surface area contributed by atoms with Gasteiger partial charge in [0.1, 0.15) is 5.69 Å². The first-order valence-electron chi connectivity index (χ1n) is 8.56. The fourth-order valence-electron chi connectivity index (χ4n) is 2.86. The molecule has 0 amide bonds. The van der Waals surface area contributed by atoms with E-state index in [4.69, 9.17) is 0 Å². The Hall–Kier alpha value is -2.87. The Kier molecular flexibility index (Phi) is 4.34. The van der Waals surface area contributed by atoms with Crippen LogP contribution in [0.25, 0.3) is 23.2 Å². The van der Waals surface area contributed by atoms with Crippen molar-refractivity contribution >= 4 is 28.2 Å². The van der Waals surface area contributed by atoms with Gasteiger partial charge < -0.3 is 4.90 Å². The maximum absolute atomic E-state index is 4.61. The van der Waals surface area contributed by atoms with Crippen molar-refractivity contribution < 1.29 is 0 Å². The van der Waals surface area contributed by atoms with Gasteiger partial charge in [-0.1, -0.05) is 17.4 Å². The van der Waals surface area contributed by atoms with E-state index in [0.717, 1.165) is 45.4 Å². The van der Waals surface area contributed by atoms with Crippen LogP contribution in [0, 0.1) is 6.92 Å². The highest BCUT2D eigenvalue weighted by Gasteiger charge is 2.15. The minimum absolute atomic E-state index is 0.650. The van der Waals surface area contributed by atoms with Crippen LogP contribution < -0.4 is 10.1 Å². The quantitative estimate of drug-likeness (QED) is 0.541. The van der Waals surface area contributed by atoms with Crippen molar-refractivity contribution in [2.45, 2.75) is 20.8 Å². The minimum atomic E-state index is 0.650. The first-order valence-corrected chi connectivity index (χ1v) is 9.38. The van der Waals surface area contributed by atoms with Crippen LogP contribution in [0.3, 0.4) is 0 Å². The van der Waals surface area contributed by atoms with Gasteiger partial charge >= 0.3 is 0 Å². The van der Waals surface area contributed by atoms with Crippen molar-refractivity contribution in [2.75, 3.05) is 18.0 Å². The van der Waals surface area contributed by atoms with Gasteiger partial charge in [0.2, 0.25) is 5.82 Å². The number of aromatic nitrogens is 6. The predicted molar refractivity (Wildman–Crippen MR) is 103 cm³/mol. The average Bonchev–Trinajstić information content (AvgIpc) is 3.35. The monoisotopic (exact) mass is 365 g/mol. The van der Waals surface area contributed by atoms with Crippen molar-refractivity contribution in [1.29, 1.82) is 0 Å². The van der Waals surface area contributed by atoms with E-state index in [0.29, 0.717) is 5.82 Å². The molecule has 26 heavy (non-hydrogen) atoms. The van der Waals surface area contributed by atoms with E-state index in [1.165, 1.54) is 0 Å². The standard InChI is InChI=1S/C18H19N7S/c1-4-24(5-2)18-20-11-13(26-18)10-14-12(3)23-25-16(14)21-22-17(25)15-8-6-7-9-19-15/h6-11H,4-5H2,1-3H3. The van der Waals surface area contributed by atoms with Crippen molar-refractivity contribution in [2.24, 2.45) is 0 Å². The molecule has 0 atom stereocenters. The van der Waals surface area contributed by atoms with Gasteiger partial charge in [0.05, 0.1) is 5.69 Å². The summed E-state index contributed by atoms with van der Waals surface area (Å²) in [6, 6.07) is 5.71. The number of rotatable bonds is 5. The highest BCUT2D eigenvalue weighted by Crippen LogP contribution is 2.23. The van der Waals surface area contributed by atoms with Crippen molar-refractivity contribution in [1.82, 2.24) is 29.8 Å². The average molecular weight is 365 g/mol. The van der Waals surface area contributed by atoms with Gasteiger partial charge in [-0.3, -0.25) is 4.98 Å². The molecule has 7 nitrogen and oxygen atoms in total. The van der Waals surface area contributed by atoms with Crippen molar-refractivity contribution in [3.05, 3.63) is 46.4 Å². The van der Waals surface area contributed by atoms with Crippen molar-refractivity contribution in [3.63, 3.8) is 0 Å². The summed E-state index contributed by atoms with van der Waals surface area (Å²) >= 11 is 1.67. The molecule has 132 valence electrons. The van der Waals surface area contributed by atoms with Gasteiger partial charge in [-0.15, -0.1) is 10.2 Å². The summed E-state index contributed by atoms with van der Waals surface area (Å²) in [5, 5.41) is 15.2. The summed E-state index contributed by atoms with van der Waals surface area (Å²) in [6.45, 7) is 8.15. The molecule has 8 heteroatoms. The maximum atomic E-state index is 4.61. The molecular weight excluding hydrogens is 346 g/mol. The lowest BCUT2D eigenvalue weighted by atomic mass is 10.3. The molecule has 0 aliphatic rings. The molecule has 0 spiro atoms. The largest absolute Gasteiger partial charge is 0.349 e. The zero-order chi connectivity index (χ0) is 18.1. The third-order valence-electron chi connectivity index (χ3n) is 4.25. The molecule has 4 aromatic rings. The molecular formula is C18H19N7S. The summed E-state index contributed by atoms with van der Waals surface area (Å²) in [5.74, 6) is 0.650. The summed E-state index contributed by atoms with van der Waals surface area (Å²) in [4.78, 5) is 12.2. The first kappa shape index (κ1) is 16.6. The normalized spacial score (nSPS) is 12.2. The lowest BCUT2D eigenvalue weighted by molar-refractivity contribution is 0.860.